The summed E-state index contributed by atoms with van der Waals surface area (Å²) < 4.78 is 24.1. The maximum Gasteiger partial charge on any atom is 0.266 e. The minimum absolute atomic E-state index is 0.0757. The predicted octanol–water partition coefficient (Wildman–Crippen LogP) is 1.95. The van der Waals surface area contributed by atoms with Crippen LogP contribution in [0.5, 0.6) is 0 Å². The summed E-state index contributed by atoms with van der Waals surface area (Å²) in [7, 11) is -3.52. The van der Waals surface area contributed by atoms with Crippen molar-refractivity contribution in [3.63, 3.8) is 0 Å². The second-order valence-corrected chi connectivity index (χ2v) is 5.47. The first-order valence-electron chi connectivity index (χ1n) is 4.06. The monoisotopic (exact) mass is 232 g/mol. The number of hydrogen-bond donors (Lipinski definition) is 1. The highest BCUT2D eigenvalue weighted by Crippen LogP contribution is 2.12. The molecule has 1 rings (SSSR count). The summed E-state index contributed by atoms with van der Waals surface area (Å²) in [6.45, 7) is 3.94. The molecule has 1 aromatic carbocycles. The first-order valence-corrected chi connectivity index (χ1v) is 6.43. The zero-order valence-corrected chi connectivity index (χ0v) is 9.65. The molecule has 0 saturated carbocycles. The third-order valence-corrected chi connectivity index (χ3v) is 2.57. The maximum atomic E-state index is 10.7. The van der Waals surface area contributed by atoms with Crippen molar-refractivity contribution >= 4 is 20.2 Å². The van der Waals surface area contributed by atoms with E-state index in [1.54, 1.807) is 0 Å². The molecule has 5 heteroatoms. The van der Waals surface area contributed by atoms with E-state index in [4.69, 9.17) is 4.55 Å². The van der Waals surface area contributed by atoms with Crippen molar-refractivity contribution in [3.8, 4) is 0 Å². The molecule has 3 nitrogen and oxygen atoms in total. The number of benzene rings is 1. The van der Waals surface area contributed by atoms with Crippen LogP contribution in [0, 0.1) is 13.8 Å². The van der Waals surface area contributed by atoms with Crippen molar-refractivity contribution in [1.29, 1.82) is 0 Å². The SMILES string of the molecule is Cc1ccc(C)c(COS(=O)(O)=S)c1. The Labute approximate surface area is 88.8 Å². The van der Waals surface area contributed by atoms with E-state index in [0.29, 0.717) is 0 Å². The summed E-state index contributed by atoms with van der Waals surface area (Å²) >= 11 is 4.22. The lowest BCUT2D eigenvalue weighted by Crippen LogP contribution is -2.03. The maximum absolute atomic E-state index is 10.7. The van der Waals surface area contributed by atoms with Gasteiger partial charge in [-0.1, -0.05) is 23.8 Å². The summed E-state index contributed by atoms with van der Waals surface area (Å²) in [5, 5.41) is 0. The van der Waals surface area contributed by atoms with Gasteiger partial charge >= 0.3 is 0 Å². The van der Waals surface area contributed by atoms with Crippen LogP contribution in [0.4, 0.5) is 0 Å². The second-order valence-electron chi connectivity index (χ2n) is 3.12. The molecule has 0 saturated heterocycles. The number of aryl methyl sites for hydroxylation is 2. The Balaban J connectivity index is 2.81. The Kier molecular flexibility index (Phi) is 3.60. The van der Waals surface area contributed by atoms with Gasteiger partial charge in [0.25, 0.3) is 9.05 Å². The van der Waals surface area contributed by atoms with Crippen LogP contribution >= 0.6 is 0 Å². The lowest BCUT2D eigenvalue weighted by Gasteiger charge is -2.06. The summed E-state index contributed by atoms with van der Waals surface area (Å²) in [4.78, 5) is 0. The van der Waals surface area contributed by atoms with Crippen molar-refractivity contribution in [2.45, 2.75) is 20.5 Å². The molecule has 0 amide bonds. The summed E-state index contributed by atoms with van der Waals surface area (Å²) in [5.74, 6) is 0. The van der Waals surface area contributed by atoms with Crippen molar-refractivity contribution in [2.24, 2.45) is 0 Å². The van der Waals surface area contributed by atoms with Gasteiger partial charge < -0.3 is 0 Å². The molecule has 78 valence electrons. The molecule has 0 radical (unpaired) electrons. The van der Waals surface area contributed by atoms with Gasteiger partial charge in [0.15, 0.2) is 0 Å². The average molecular weight is 232 g/mol. The number of rotatable bonds is 3. The van der Waals surface area contributed by atoms with Gasteiger partial charge in [0, 0.05) is 11.2 Å². The van der Waals surface area contributed by atoms with Crippen molar-refractivity contribution < 1.29 is 12.9 Å². The smallest absolute Gasteiger partial charge is 0.266 e. The van der Waals surface area contributed by atoms with Crippen molar-refractivity contribution in [2.75, 3.05) is 0 Å². The van der Waals surface area contributed by atoms with E-state index in [1.165, 1.54) is 0 Å². The molecule has 0 fully saturated rings. The Hall–Kier alpha value is -0.490. The fourth-order valence-electron chi connectivity index (χ4n) is 1.09. The first kappa shape index (κ1) is 11.6. The molecular weight excluding hydrogens is 220 g/mol. The van der Waals surface area contributed by atoms with E-state index in [0.717, 1.165) is 16.7 Å². The zero-order valence-electron chi connectivity index (χ0n) is 8.02. The van der Waals surface area contributed by atoms with Crippen LogP contribution in [0.15, 0.2) is 18.2 Å². The van der Waals surface area contributed by atoms with Crippen LogP contribution in [-0.2, 0) is 31.0 Å². The molecule has 14 heavy (non-hydrogen) atoms. The van der Waals surface area contributed by atoms with E-state index < -0.39 is 9.05 Å². The van der Waals surface area contributed by atoms with Gasteiger partial charge in [0.05, 0.1) is 6.61 Å². The second kappa shape index (κ2) is 4.35. The highest BCUT2D eigenvalue weighted by Gasteiger charge is 2.03. The fourth-order valence-corrected chi connectivity index (χ4v) is 1.51. The average Bonchev–Trinajstić information content (AvgIpc) is 2.05. The highest BCUT2D eigenvalue weighted by molar-refractivity contribution is 8.27. The normalized spacial score (nSPS) is 15.1. The highest BCUT2D eigenvalue weighted by atomic mass is 32.9. The summed E-state index contributed by atoms with van der Waals surface area (Å²) in [6.07, 6.45) is 0. The molecule has 1 N–H and O–H groups in total. The van der Waals surface area contributed by atoms with Gasteiger partial charge in [-0.3, -0.25) is 8.74 Å². The van der Waals surface area contributed by atoms with Crippen LogP contribution in [0.25, 0.3) is 0 Å². The standard InChI is InChI=1S/C9H12O3S2/c1-7-3-4-8(2)9(5-7)6-12-14(10,11)13/h3-5H,6H2,1-2H3,(H,10,11,13). The Morgan fingerprint density at radius 3 is 2.71 bits per heavy atom. The molecule has 0 aliphatic heterocycles. The largest absolute Gasteiger partial charge is 0.285 e. The number of hydrogen-bond acceptors (Lipinski definition) is 3. The first-order chi connectivity index (χ1) is 6.38. The van der Waals surface area contributed by atoms with E-state index in [2.05, 4.69) is 15.4 Å². The molecule has 0 aliphatic carbocycles. The van der Waals surface area contributed by atoms with Crippen molar-refractivity contribution in [3.05, 3.63) is 34.9 Å². The Morgan fingerprint density at radius 1 is 1.50 bits per heavy atom. The third kappa shape index (κ3) is 3.71. The molecular formula is C9H12O3S2. The summed E-state index contributed by atoms with van der Waals surface area (Å²) in [6, 6.07) is 5.83. The van der Waals surface area contributed by atoms with Gasteiger partial charge in [0.2, 0.25) is 0 Å². The van der Waals surface area contributed by atoms with Crippen LogP contribution < -0.4 is 0 Å². The third-order valence-electron chi connectivity index (χ3n) is 1.87. The molecule has 0 spiro atoms. The molecule has 0 aromatic heterocycles. The van der Waals surface area contributed by atoms with Gasteiger partial charge in [-0.2, -0.15) is 4.21 Å². The van der Waals surface area contributed by atoms with E-state index in [-0.39, 0.29) is 6.61 Å². The van der Waals surface area contributed by atoms with Crippen LogP contribution in [0.3, 0.4) is 0 Å². The van der Waals surface area contributed by atoms with Crippen LogP contribution in [-0.4, -0.2) is 8.76 Å². The molecule has 0 bridgehead atoms. The summed E-state index contributed by atoms with van der Waals surface area (Å²) in [5.41, 5.74) is 2.99. The Morgan fingerprint density at radius 2 is 2.14 bits per heavy atom. The van der Waals surface area contributed by atoms with Gasteiger partial charge in [-0.15, -0.1) is 0 Å². The lowest BCUT2D eigenvalue weighted by atomic mass is 10.1. The molecule has 0 heterocycles. The van der Waals surface area contributed by atoms with Gasteiger partial charge in [-0.05, 0) is 25.0 Å². The molecule has 1 aromatic rings. The predicted molar refractivity (Wildman–Crippen MR) is 58.8 cm³/mol. The molecule has 0 aliphatic rings. The van der Waals surface area contributed by atoms with E-state index >= 15 is 0 Å². The van der Waals surface area contributed by atoms with Crippen LogP contribution in [0.2, 0.25) is 0 Å². The van der Waals surface area contributed by atoms with Crippen LogP contribution in [0.1, 0.15) is 16.7 Å². The fraction of sp³-hybridized carbons (Fsp3) is 0.333. The lowest BCUT2D eigenvalue weighted by molar-refractivity contribution is 0.294. The minimum Gasteiger partial charge on any atom is -0.285 e. The zero-order chi connectivity index (χ0) is 10.8. The quantitative estimate of drug-likeness (QED) is 0.865. The van der Waals surface area contributed by atoms with E-state index in [1.807, 2.05) is 32.0 Å². The molecule has 1 atom stereocenters. The Bertz CT molecular complexity index is 424. The van der Waals surface area contributed by atoms with Gasteiger partial charge in [0.1, 0.15) is 0 Å². The van der Waals surface area contributed by atoms with E-state index in [9.17, 15) is 4.21 Å². The molecule has 1 unspecified atom stereocenters. The van der Waals surface area contributed by atoms with Gasteiger partial charge in [-0.25, -0.2) is 0 Å². The van der Waals surface area contributed by atoms with Crippen molar-refractivity contribution in [1.82, 2.24) is 0 Å². The minimum atomic E-state index is -3.52. The topological polar surface area (TPSA) is 46.5 Å².